The summed E-state index contributed by atoms with van der Waals surface area (Å²) >= 11 is 0.804. The summed E-state index contributed by atoms with van der Waals surface area (Å²) in [5, 5.41) is 1.27. The lowest BCUT2D eigenvalue weighted by Gasteiger charge is -2.09. The quantitative estimate of drug-likeness (QED) is 0.921. The zero-order valence-electron chi connectivity index (χ0n) is 10.9. The monoisotopic (exact) mass is 326 g/mol. The largest absolute Gasteiger partial charge is 0.462 e. The third kappa shape index (κ3) is 2.35. The Hall–Kier alpha value is -2.35. The van der Waals surface area contributed by atoms with Crippen molar-refractivity contribution in [1.29, 1.82) is 0 Å². The lowest BCUT2D eigenvalue weighted by molar-refractivity contribution is -0.137. The molecule has 3 rings (SSSR count). The molecule has 4 nitrogen and oxygen atoms in total. The summed E-state index contributed by atoms with van der Waals surface area (Å²) < 4.78 is 44.2. The lowest BCUT2D eigenvalue weighted by atomic mass is 10.0. The molecule has 2 aromatic heterocycles. The molecule has 1 aliphatic heterocycles. The molecule has 0 aliphatic carbocycles. The van der Waals surface area contributed by atoms with E-state index in [0.29, 0.717) is 5.56 Å². The zero-order chi connectivity index (χ0) is 15.9. The molecular weight excluding hydrogens is 317 g/mol. The third-order valence-electron chi connectivity index (χ3n) is 3.16. The van der Waals surface area contributed by atoms with Crippen LogP contribution in [0.25, 0.3) is 5.57 Å². The van der Waals surface area contributed by atoms with Gasteiger partial charge in [-0.05, 0) is 17.5 Å². The molecular formula is C14H9F3N2O2S. The van der Waals surface area contributed by atoms with E-state index in [9.17, 15) is 18.0 Å². The summed E-state index contributed by atoms with van der Waals surface area (Å²) in [7, 11) is 0. The zero-order valence-corrected chi connectivity index (χ0v) is 11.7. The number of Topliss-reactive ketones (excluding diaryl/α,β-unsaturated/α-hetero) is 1. The molecule has 0 fully saturated rings. The van der Waals surface area contributed by atoms with Gasteiger partial charge in [0.15, 0.2) is 12.0 Å². The first-order valence-electron chi connectivity index (χ1n) is 6.15. The Kier molecular flexibility index (Phi) is 3.40. The number of halogens is 3. The molecule has 2 aromatic rings. The Bertz CT molecular complexity index is 753. The number of pyridine rings is 1. The van der Waals surface area contributed by atoms with Crippen LogP contribution in [-0.4, -0.2) is 10.8 Å². The highest BCUT2D eigenvalue weighted by atomic mass is 32.1. The predicted molar refractivity (Wildman–Crippen MR) is 73.5 cm³/mol. The minimum Gasteiger partial charge on any atom is -0.462 e. The molecule has 0 bridgehead atoms. The first-order chi connectivity index (χ1) is 10.4. The van der Waals surface area contributed by atoms with E-state index in [0.717, 1.165) is 17.4 Å². The second kappa shape index (κ2) is 5.13. The summed E-state index contributed by atoms with van der Waals surface area (Å²) in [5.41, 5.74) is 4.98. The van der Waals surface area contributed by atoms with Crippen molar-refractivity contribution >= 4 is 22.7 Å². The molecule has 1 aliphatic rings. The average molecular weight is 326 g/mol. The van der Waals surface area contributed by atoms with Crippen molar-refractivity contribution in [3.63, 3.8) is 0 Å². The predicted octanol–water partition coefficient (Wildman–Crippen LogP) is 3.13. The van der Waals surface area contributed by atoms with Gasteiger partial charge >= 0.3 is 6.18 Å². The minimum absolute atomic E-state index is 0.221. The number of nitrogens with two attached hydrogens (primary N) is 1. The number of hydrogen-bond donors (Lipinski definition) is 1. The fourth-order valence-electron chi connectivity index (χ4n) is 2.19. The van der Waals surface area contributed by atoms with Gasteiger partial charge in [-0.2, -0.15) is 13.2 Å². The van der Waals surface area contributed by atoms with Gasteiger partial charge in [-0.25, -0.2) is 0 Å². The van der Waals surface area contributed by atoms with Crippen molar-refractivity contribution in [2.45, 2.75) is 12.3 Å². The highest BCUT2D eigenvalue weighted by Gasteiger charge is 2.42. The third-order valence-corrected chi connectivity index (χ3v) is 4.09. The van der Waals surface area contributed by atoms with Gasteiger partial charge < -0.3 is 10.5 Å². The van der Waals surface area contributed by atoms with Crippen LogP contribution in [0.3, 0.4) is 0 Å². The number of alkyl halides is 3. The molecule has 0 spiro atoms. The second-order valence-electron chi connectivity index (χ2n) is 4.55. The van der Waals surface area contributed by atoms with Crippen LogP contribution in [0, 0.1) is 0 Å². The van der Waals surface area contributed by atoms with Crippen LogP contribution in [0.1, 0.15) is 22.1 Å². The fraction of sp³-hybridized carbons (Fsp3) is 0.143. The molecule has 1 atom stereocenters. The van der Waals surface area contributed by atoms with E-state index in [2.05, 4.69) is 4.98 Å². The number of rotatable bonds is 2. The number of carbonyl (C=O) groups is 1. The van der Waals surface area contributed by atoms with E-state index < -0.39 is 23.6 Å². The van der Waals surface area contributed by atoms with Crippen molar-refractivity contribution in [1.82, 2.24) is 4.98 Å². The van der Waals surface area contributed by atoms with E-state index >= 15 is 0 Å². The van der Waals surface area contributed by atoms with Gasteiger partial charge in [0.05, 0.1) is 16.0 Å². The van der Waals surface area contributed by atoms with Crippen LogP contribution in [0.4, 0.5) is 13.2 Å². The summed E-state index contributed by atoms with van der Waals surface area (Å²) in [6, 6.07) is 4.13. The Balaban J connectivity index is 2.01. The van der Waals surface area contributed by atoms with Gasteiger partial charge in [0.25, 0.3) is 0 Å². The number of ether oxygens (including phenoxy) is 1. The molecule has 8 heteroatoms. The Morgan fingerprint density at radius 2 is 2.09 bits per heavy atom. The van der Waals surface area contributed by atoms with E-state index in [1.165, 1.54) is 17.8 Å². The maximum atomic E-state index is 13.0. The number of hydrogen-bond acceptors (Lipinski definition) is 5. The molecule has 22 heavy (non-hydrogen) atoms. The summed E-state index contributed by atoms with van der Waals surface area (Å²) in [6.45, 7) is 0. The molecule has 2 N–H and O–H groups in total. The van der Waals surface area contributed by atoms with E-state index in [1.54, 1.807) is 12.1 Å². The second-order valence-corrected chi connectivity index (χ2v) is 5.47. The minimum atomic E-state index is -4.56. The van der Waals surface area contributed by atoms with Crippen molar-refractivity contribution in [3.8, 4) is 0 Å². The fourth-order valence-corrected chi connectivity index (χ4v) is 3.16. The van der Waals surface area contributed by atoms with Crippen LogP contribution in [0.2, 0.25) is 0 Å². The van der Waals surface area contributed by atoms with Crippen LogP contribution >= 0.6 is 11.3 Å². The maximum absolute atomic E-state index is 13.0. The first kappa shape index (κ1) is 14.6. The molecule has 3 heterocycles. The molecule has 0 aromatic carbocycles. The summed E-state index contributed by atoms with van der Waals surface area (Å²) in [4.78, 5) is 16.1. The van der Waals surface area contributed by atoms with Crippen molar-refractivity contribution in [3.05, 3.63) is 57.9 Å². The Morgan fingerprint density at radius 3 is 2.73 bits per heavy atom. The van der Waals surface area contributed by atoms with Gasteiger partial charge in [0.1, 0.15) is 0 Å². The van der Waals surface area contributed by atoms with Crippen molar-refractivity contribution in [2.24, 2.45) is 5.73 Å². The summed E-state index contributed by atoms with van der Waals surface area (Å²) in [6.07, 6.45) is -2.69. The number of ketones is 1. The molecule has 0 radical (unpaired) electrons. The smallest absolute Gasteiger partial charge is 0.417 e. The van der Waals surface area contributed by atoms with Gasteiger partial charge in [0.2, 0.25) is 5.78 Å². The molecule has 1 unspecified atom stereocenters. The molecule has 114 valence electrons. The first-order valence-corrected chi connectivity index (χ1v) is 7.03. The number of carbonyl (C=O) groups excluding carboxylic acids is 1. The van der Waals surface area contributed by atoms with E-state index in [4.69, 9.17) is 10.5 Å². The Morgan fingerprint density at radius 1 is 1.32 bits per heavy atom. The topological polar surface area (TPSA) is 65.2 Å². The highest BCUT2D eigenvalue weighted by molar-refractivity contribution is 7.11. The van der Waals surface area contributed by atoms with Gasteiger partial charge in [-0.1, -0.05) is 6.07 Å². The van der Waals surface area contributed by atoms with Gasteiger partial charge in [-0.15, -0.1) is 11.3 Å². The maximum Gasteiger partial charge on any atom is 0.417 e. The van der Waals surface area contributed by atoms with Gasteiger partial charge in [0, 0.05) is 18.0 Å². The number of thiophene rings is 1. The molecule has 0 amide bonds. The van der Waals surface area contributed by atoms with Crippen LogP contribution in [0.15, 0.2) is 41.9 Å². The van der Waals surface area contributed by atoms with E-state index in [-0.39, 0.29) is 16.3 Å². The normalized spacial score (nSPS) is 18.7. The van der Waals surface area contributed by atoms with E-state index in [1.807, 2.05) is 0 Å². The number of nitrogens with zero attached hydrogens (tertiary/aromatic N) is 1. The van der Waals surface area contributed by atoms with Crippen LogP contribution in [0.5, 0.6) is 0 Å². The van der Waals surface area contributed by atoms with Crippen LogP contribution in [-0.2, 0) is 15.7 Å². The van der Waals surface area contributed by atoms with Crippen molar-refractivity contribution < 1.29 is 22.7 Å². The van der Waals surface area contributed by atoms with Crippen LogP contribution < -0.4 is 5.73 Å². The van der Waals surface area contributed by atoms with Crippen molar-refractivity contribution in [2.75, 3.05) is 0 Å². The highest BCUT2D eigenvalue weighted by Crippen LogP contribution is 2.43. The molecule has 0 saturated heterocycles. The lowest BCUT2D eigenvalue weighted by Crippen LogP contribution is -2.12. The average Bonchev–Trinajstić information content (AvgIpc) is 3.04. The van der Waals surface area contributed by atoms with Gasteiger partial charge in [-0.3, -0.25) is 9.78 Å². The SMILES string of the molecule is NC1=C(c2sccc2C(F)(F)F)C(=O)C(c2cccnc2)O1. The standard InChI is InChI=1S/C14H9F3N2O2S/c15-14(16,17)8-3-5-22-12(8)9-10(20)11(21-13(9)18)7-2-1-4-19-6-7/h1-6,11H,18H2. The number of aromatic nitrogens is 1. The molecule has 0 saturated carbocycles. The Labute approximate surface area is 127 Å². The summed E-state index contributed by atoms with van der Waals surface area (Å²) in [5.74, 6) is -0.898.